The molecule has 2 aromatic carbocycles. The number of fused-ring (bicyclic) bond motifs is 5. The summed E-state index contributed by atoms with van der Waals surface area (Å²) in [4.78, 5) is 3.37. The van der Waals surface area contributed by atoms with Gasteiger partial charge in [-0.25, -0.2) is 8.78 Å². The first-order valence-electron chi connectivity index (χ1n) is 23.4. The molecule has 336 valence electrons. The van der Waals surface area contributed by atoms with Gasteiger partial charge < -0.3 is 18.9 Å². The van der Waals surface area contributed by atoms with E-state index < -0.39 is 24.2 Å². The molecule has 0 amide bonds. The summed E-state index contributed by atoms with van der Waals surface area (Å²) >= 11 is 4.93. The van der Waals surface area contributed by atoms with Crippen LogP contribution in [0.3, 0.4) is 0 Å². The second-order valence-electron chi connectivity index (χ2n) is 17.3. The minimum absolute atomic E-state index is 0.0954. The van der Waals surface area contributed by atoms with Gasteiger partial charge in [0.15, 0.2) is 12.6 Å². The van der Waals surface area contributed by atoms with Crippen molar-refractivity contribution in [3.05, 3.63) is 44.6 Å². The van der Waals surface area contributed by atoms with Gasteiger partial charge in [-0.2, -0.15) is 17.5 Å². The second-order valence-corrected chi connectivity index (χ2v) is 20.5. The van der Waals surface area contributed by atoms with Crippen LogP contribution < -0.4 is 0 Å². The van der Waals surface area contributed by atoms with Crippen molar-refractivity contribution < 1.29 is 27.7 Å². The molecule has 2 fully saturated rings. The zero-order valence-electron chi connectivity index (χ0n) is 36.8. The van der Waals surface area contributed by atoms with Crippen molar-refractivity contribution in [3.63, 3.8) is 0 Å². The molecule has 62 heavy (non-hydrogen) atoms. The SMILES string of the molecule is CCCCCCC(CCCC)Cc1cc(-c2c(F)c3c4nsnc4c(-c4cc(CC(CCCC)CCCCCC)c(C5OCCO5)s4)c(F)c3c3nsnc23)sc1C1OCCO1. The molecule has 2 aliphatic rings. The van der Waals surface area contributed by atoms with E-state index in [2.05, 4.69) is 48.6 Å². The summed E-state index contributed by atoms with van der Waals surface area (Å²) in [6.45, 7) is 11.0. The number of aromatic nitrogens is 4. The lowest BCUT2D eigenvalue weighted by molar-refractivity contribution is -0.0422. The van der Waals surface area contributed by atoms with Gasteiger partial charge in [0.1, 0.15) is 33.7 Å². The number of thiophene rings is 2. The minimum atomic E-state index is -0.555. The van der Waals surface area contributed by atoms with E-state index in [-0.39, 0.29) is 10.8 Å². The first-order valence-corrected chi connectivity index (χ1v) is 26.5. The fourth-order valence-electron chi connectivity index (χ4n) is 9.50. The third-order valence-corrected chi connectivity index (χ3v) is 16.3. The monoisotopic (exact) mass is 924 g/mol. The maximum absolute atomic E-state index is 17.8. The topological polar surface area (TPSA) is 88.5 Å². The van der Waals surface area contributed by atoms with Crippen molar-refractivity contribution in [2.75, 3.05) is 26.4 Å². The Kier molecular flexibility index (Phi) is 16.4. The van der Waals surface area contributed by atoms with Crippen LogP contribution in [0.2, 0.25) is 0 Å². The number of unbranched alkanes of at least 4 members (excludes halogenated alkanes) is 8. The fourth-order valence-corrected chi connectivity index (χ4v) is 13.1. The fraction of sp³-hybridized carbons (Fsp3) is 0.625. The Labute approximate surface area is 381 Å². The zero-order valence-corrected chi connectivity index (χ0v) is 40.1. The molecule has 8 nitrogen and oxygen atoms in total. The van der Waals surface area contributed by atoms with Crippen molar-refractivity contribution >= 4 is 79.0 Å². The minimum Gasteiger partial charge on any atom is -0.345 e. The van der Waals surface area contributed by atoms with Crippen molar-refractivity contribution in [1.29, 1.82) is 0 Å². The average Bonchev–Trinajstić information content (AvgIpc) is 4.13. The lowest BCUT2D eigenvalue weighted by atomic mass is 9.89. The van der Waals surface area contributed by atoms with Crippen LogP contribution in [0.1, 0.15) is 164 Å². The lowest BCUT2D eigenvalue weighted by Crippen LogP contribution is -2.08. The highest BCUT2D eigenvalue weighted by molar-refractivity contribution is 7.16. The summed E-state index contributed by atoms with van der Waals surface area (Å²) in [5.41, 5.74) is 4.27. The quantitative estimate of drug-likeness (QED) is 0.0555. The van der Waals surface area contributed by atoms with Crippen molar-refractivity contribution in [2.45, 2.75) is 156 Å². The summed E-state index contributed by atoms with van der Waals surface area (Å²) in [6.07, 6.45) is 19.8. The summed E-state index contributed by atoms with van der Waals surface area (Å²) in [5.74, 6) is -0.105. The summed E-state index contributed by atoms with van der Waals surface area (Å²) in [6, 6.07) is 4.22. The average molecular weight is 925 g/mol. The Hall–Kier alpha value is -2.56. The molecule has 0 bridgehead atoms. The molecular formula is C48H62F2N4O4S4. The van der Waals surface area contributed by atoms with Gasteiger partial charge >= 0.3 is 0 Å². The van der Waals surface area contributed by atoms with E-state index in [0.717, 1.165) is 95.7 Å². The number of hydrogen-bond acceptors (Lipinski definition) is 12. The van der Waals surface area contributed by atoms with E-state index in [4.69, 9.17) is 27.7 Å². The van der Waals surface area contributed by atoms with E-state index in [0.29, 0.717) is 81.2 Å². The number of ether oxygens (including phenoxy) is 4. The molecule has 4 aromatic heterocycles. The van der Waals surface area contributed by atoms with E-state index >= 15 is 8.78 Å². The Bertz CT molecular complexity index is 2220. The number of nitrogens with zero attached hydrogens (tertiary/aromatic N) is 4. The van der Waals surface area contributed by atoms with E-state index in [9.17, 15) is 0 Å². The predicted octanol–water partition coefficient (Wildman–Crippen LogP) is 15.3. The summed E-state index contributed by atoms with van der Waals surface area (Å²) in [7, 11) is 0. The molecule has 0 aliphatic carbocycles. The Morgan fingerprint density at radius 2 is 0.887 bits per heavy atom. The molecule has 0 spiro atoms. The summed E-state index contributed by atoms with van der Waals surface area (Å²) in [5, 5.41) is 0.191. The van der Waals surface area contributed by atoms with Gasteiger partial charge in [0.05, 0.1) is 81.5 Å². The molecule has 2 atom stereocenters. The molecule has 2 unspecified atom stereocenters. The molecule has 6 heterocycles. The van der Waals surface area contributed by atoms with Gasteiger partial charge in [0.25, 0.3) is 0 Å². The molecule has 0 N–H and O–H groups in total. The Balaban J connectivity index is 1.23. The molecule has 2 aliphatic heterocycles. The molecule has 2 saturated heterocycles. The normalized spacial score (nSPS) is 16.3. The van der Waals surface area contributed by atoms with Crippen LogP contribution in [0.15, 0.2) is 12.1 Å². The smallest absolute Gasteiger partial charge is 0.193 e. The highest BCUT2D eigenvalue weighted by Crippen LogP contribution is 2.50. The first-order chi connectivity index (χ1) is 30.4. The van der Waals surface area contributed by atoms with Gasteiger partial charge in [-0.1, -0.05) is 130 Å². The first kappa shape index (κ1) is 46.0. The molecule has 6 aromatic rings. The van der Waals surface area contributed by atoms with Gasteiger partial charge in [-0.05, 0) is 47.9 Å². The van der Waals surface area contributed by atoms with Crippen LogP contribution in [0.5, 0.6) is 0 Å². The highest BCUT2D eigenvalue weighted by Gasteiger charge is 2.33. The van der Waals surface area contributed by atoms with Crippen molar-refractivity contribution in [2.24, 2.45) is 11.8 Å². The highest BCUT2D eigenvalue weighted by atomic mass is 32.1. The largest absolute Gasteiger partial charge is 0.345 e. The molecule has 0 radical (unpaired) electrons. The van der Waals surface area contributed by atoms with Crippen LogP contribution in [0, 0.1) is 23.5 Å². The van der Waals surface area contributed by atoms with Crippen LogP contribution in [0.25, 0.3) is 53.7 Å². The molecular weight excluding hydrogens is 863 g/mol. The zero-order chi connectivity index (χ0) is 43.0. The van der Waals surface area contributed by atoms with E-state index in [1.807, 2.05) is 0 Å². The van der Waals surface area contributed by atoms with Crippen LogP contribution in [-0.2, 0) is 31.8 Å². The third kappa shape index (κ3) is 9.97. The maximum atomic E-state index is 17.8. The second kappa shape index (κ2) is 22.1. The number of halogens is 2. The van der Waals surface area contributed by atoms with Gasteiger partial charge in [0.2, 0.25) is 0 Å². The standard InChI is InChI=1S/C48H62F2N4O4S4/c1-5-9-13-15-19-29(17-11-7-3)25-31-27-33(59-45(31)47-55-21-22-56-47)35-39(49)37-38(43-41(35)51-61-53-43)40(50)36(42-44(37)54-62-52-42)34-28-32(46(60-34)48-57-23-24-58-48)26-30(18-12-8-4)20-16-14-10-6-2/h27-30,47-48H,5-26H2,1-4H3. The Morgan fingerprint density at radius 1 is 0.516 bits per heavy atom. The number of benzene rings is 2. The van der Waals surface area contributed by atoms with Crippen LogP contribution >= 0.6 is 46.1 Å². The summed E-state index contributed by atoms with van der Waals surface area (Å²) < 4.78 is 78.6. The number of rotatable bonds is 24. The van der Waals surface area contributed by atoms with Crippen LogP contribution in [0.4, 0.5) is 8.78 Å². The molecule has 0 saturated carbocycles. The lowest BCUT2D eigenvalue weighted by Gasteiger charge is -2.18. The van der Waals surface area contributed by atoms with Crippen molar-refractivity contribution in [1.82, 2.24) is 17.5 Å². The Morgan fingerprint density at radius 3 is 1.27 bits per heavy atom. The van der Waals surface area contributed by atoms with Crippen LogP contribution in [-0.4, -0.2) is 43.9 Å². The van der Waals surface area contributed by atoms with Crippen molar-refractivity contribution in [3.8, 4) is 20.9 Å². The number of hydrogen-bond donors (Lipinski definition) is 0. The third-order valence-electron chi connectivity index (χ3n) is 12.8. The predicted molar refractivity (Wildman–Crippen MR) is 253 cm³/mol. The van der Waals surface area contributed by atoms with E-state index in [1.54, 1.807) is 0 Å². The molecule has 14 heteroatoms. The molecule has 8 rings (SSSR count). The van der Waals surface area contributed by atoms with Gasteiger partial charge in [-0.3, -0.25) is 0 Å². The van der Waals surface area contributed by atoms with E-state index in [1.165, 1.54) is 86.9 Å². The van der Waals surface area contributed by atoms with Gasteiger partial charge in [0, 0.05) is 9.75 Å². The maximum Gasteiger partial charge on any atom is 0.193 e. The van der Waals surface area contributed by atoms with Gasteiger partial charge in [-0.15, -0.1) is 22.7 Å².